The van der Waals surface area contributed by atoms with Crippen molar-refractivity contribution in [3.8, 4) is 17.0 Å². The number of methoxy groups -OCH3 is 1. The third kappa shape index (κ3) is 7.18. The van der Waals surface area contributed by atoms with Crippen LogP contribution in [0.4, 0.5) is 20.3 Å². The Kier molecular flexibility index (Phi) is 10.2. The average Bonchev–Trinajstić information content (AvgIpc) is 3.45. The van der Waals surface area contributed by atoms with Gasteiger partial charge in [-0.3, -0.25) is 19.0 Å². The summed E-state index contributed by atoms with van der Waals surface area (Å²) in [6, 6.07) is 7.18. The first-order valence-corrected chi connectivity index (χ1v) is 13.8. The quantitative estimate of drug-likeness (QED) is 0.0744. The van der Waals surface area contributed by atoms with Gasteiger partial charge in [-0.1, -0.05) is 6.92 Å². The molecule has 232 valence electrons. The van der Waals surface area contributed by atoms with Crippen LogP contribution in [0.3, 0.4) is 0 Å². The van der Waals surface area contributed by atoms with Crippen LogP contribution in [0.25, 0.3) is 16.9 Å². The summed E-state index contributed by atoms with van der Waals surface area (Å²) in [5.74, 6) is -2.74. The summed E-state index contributed by atoms with van der Waals surface area (Å²) < 4.78 is 35.6. The Morgan fingerprint density at radius 3 is 2.59 bits per heavy atom. The van der Waals surface area contributed by atoms with E-state index in [1.54, 1.807) is 22.7 Å². The number of aliphatic imine (C=N–C) groups is 1. The van der Waals surface area contributed by atoms with Crippen molar-refractivity contribution >= 4 is 34.9 Å². The molecule has 1 unspecified atom stereocenters. The van der Waals surface area contributed by atoms with E-state index in [2.05, 4.69) is 30.9 Å². The molecule has 0 aliphatic rings. The molecule has 13 nitrogen and oxygen atoms in total. The van der Waals surface area contributed by atoms with Gasteiger partial charge in [0.1, 0.15) is 6.04 Å². The van der Waals surface area contributed by atoms with Crippen LogP contribution in [-0.4, -0.2) is 64.9 Å². The number of fused-ring (bicyclic) bond motifs is 1. The molecule has 4 rings (SSSR count). The highest BCUT2D eigenvalue weighted by Gasteiger charge is 2.19. The van der Waals surface area contributed by atoms with Gasteiger partial charge in [0.2, 0.25) is 11.7 Å². The SMILES string of the molecule is CCc1cc(Nc2nccn3c(-c4ccc(OC)c(F)c4F)cnc23)ccc1C(=O)NCCCNC(=O)C(N)CN=C(N)N. The van der Waals surface area contributed by atoms with Gasteiger partial charge in [0.25, 0.3) is 5.91 Å². The highest BCUT2D eigenvalue weighted by atomic mass is 19.2. The van der Waals surface area contributed by atoms with Gasteiger partial charge < -0.3 is 37.9 Å². The van der Waals surface area contributed by atoms with Crippen LogP contribution in [0.15, 0.2) is 53.9 Å². The van der Waals surface area contributed by atoms with E-state index < -0.39 is 23.6 Å². The fourth-order valence-electron chi connectivity index (χ4n) is 4.43. The smallest absolute Gasteiger partial charge is 0.251 e. The van der Waals surface area contributed by atoms with Crippen molar-refractivity contribution in [2.45, 2.75) is 25.8 Å². The van der Waals surface area contributed by atoms with E-state index in [0.29, 0.717) is 54.3 Å². The van der Waals surface area contributed by atoms with Crippen LogP contribution in [0.1, 0.15) is 29.3 Å². The van der Waals surface area contributed by atoms with E-state index in [1.807, 2.05) is 13.0 Å². The van der Waals surface area contributed by atoms with Crippen molar-refractivity contribution in [2.75, 3.05) is 32.1 Å². The summed E-state index contributed by atoms with van der Waals surface area (Å²) >= 11 is 0. The number of nitrogens with one attached hydrogen (secondary N) is 3. The van der Waals surface area contributed by atoms with Gasteiger partial charge in [-0.25, -0.2) is 14.4 Å². The van der Waals surface area contributed by atoms with Gasteiger partial charge in [-0.05, 0) is 48.7 Å². The largest absolute Gasteiger partial charge is 0.494 e. The molecule has 2 aromatic heterocycles. The number of aryl methyl sites for hydroxylation is 1. The molecule has 0 spiro atoms. The first kappa shape index (κ1) is 31.6. The van der Waals surface area contributed by atoms with Crippen LogP contribution in [0.5, 0.6) is 5.75 Å². The lowest BCUT2D eigenvalue weighted by atomic mass is 10.0. The summed E-state index contributed by atoms with van der Waals surface area (Å²) in [7, 11) is 1.26. The molecule has 4 aromatic rings. The van der Waals surface area contributed by atoms with Crippen molar-refractivity contribution in [3.05, 3.63) is 71.7 Å². The zero-order chi connectivity index (χ0) is 31.8. The Labute approximate surface area is 251 Å². The van der Waals surface area contributed by atoms with Crippen molar-refractivity contribution in [1.82, 2.24) is 25.0 Å². The molecule has 44 heavy (non-hydrogen) atoms. The van der Waals surface area contributed by atoms with Crippen LogP contribution in [-0.2, 0) is 11.2 Å². The van der Waals surface area contributed by atoms with Crippen molar-refractivity contribution in [2.24, 2.45) is 22.2 Å². The number of imidazole rings is 1. The van der Waals surface area contributed by atoms with Gasteiger partial charge in [0.15, 0.2) is 29.0 Å². The van der Waals surface area contributed by atoms with Crippen LogP contribution in [0, 0.1) is 11.6 Å². The third-order valence-corrected chi connectivity index (χ3v) is 6.71. The molecule has 0 aliphatic heterocycles. The average molecular weight is 609 g/mol. The van der Waals surface area contributed by atoms with Gasteiger partial charge in [0, 0.05) is 42.3 Å². The monoisotopic (exact) mass is 608 g/mol. The lowest BCUT2D eigenvalue weighted by Gasteiger charge is -2.13. The summed E-state index contributed by atoms with van der Waals surface area (Å²) in [6.45, 7) is 2.55. The molecular formula is C29H34F2N10O3. The molecule has 2 heterocycles. The van der Waals surface area contributed by atoms with E-state index in [0.717, 1.165) is 5.56 Å². The third-order valence-electron chi connectivity index (χ3n) is 6.71. The zero-order valence-corrected chi connectivity index (χ0v) is 24.2. The maximum atomic E-state index is 14.8. The predicted octanol–water partition coefficient (Wildman–Crippen LogP) is 1.83. The minimum Gasteiger partial charge on any atom is -0.494 e. The maximum Gasteiger partial charge on any atom is 0.251 e. The molecule has 9 N–H and O–H groups in total. The highest BCUT2D eigenvalue weighted by Crippen LogP contribution is 2.31. The van der Waals surface area contributed by atoms with Crippen molar-refractivity contribution in [1.29, 1.82) is 0 Å². The molecule has 0 fully saturated rings. The lowest BCUT2D eigenvalue weighted by molar-refractivity contribution is -0.122. The summed E-state index contributed by atoms with van der Waals surface area (Å²) in [5.41, 5.74) is 18.9. The van der Waals surface area contributed by atoms with Crippen molar-refractivity contribution < 1.29 is 23.1 Å². The van der Waals surface area contributed by atoms with E-state index in [-0.39, 0.29) is 29.7 Å². The summed E-state index contributed by atoms with van der Waals surface area (Å²) in [5, 5.41) is 8.74. The number of ether oxygens (including phenoxy) is 1. The number of carbonyl (C=O) groups excluding carboxylic acids is 2. The molecule has 2 amide bonds. The molecule has 0 saturated heterocycles. The predicted molar refractivity (Wildman–Crippen MR) is 163 cm³/mol. The zero-order valence-electron chi connectivity index (χ0n) is 24.2. The molecular weight excluding hydrogens is 574 g/mol. The second-order valence-corrected chi connectivity index (χ2v) is 9.68. The van der Waals surface area contributed by atoms with E-state index in [4.69, 9.17) is 21.9 Å². The number of hydrogen-bond donors (Lipinski definition) is 6. The molecule has 1 atom stereocenters. The molecule has 0 bridgehead atoms. The van der Waals surface area contributed by atoms with Gasteiger partial charge in [0.05, 0.1) is 25.5 Å². The standard InChI is InChI=1S/C29H34F2N10O3/c1-3-16-13-17(5-6-18(16)27(42)36-9-4-10-37-28(43)20(32)14-39-29(33)34)40-25-26-38-15-21(41(26)12-11-35-25)19-7-8-22(44-2)24(31)23(19)30/h5-8,11-13,15,20H,3-4,9-10,14,32H2,1-2H3,(H,35,40)(H,36,42)(H,37,43)(H4,33,34,39). The molecule has 0 aliphatic carbocycles. The van der Waals surface area contributed by atoms with Crippen molar-refractivity contribution in [3.63, 3.8) is 0 Å². The highest BCUT2D eigenvalue weighted by molar-refractivity contribution is 5.96. The number of carbonyl (C=O) groups is 2. The summed E-state index contributed by atoms with van der Waals surface area (Å²) in [4.78, 5) is 37.3. The minimum atomic E-state index is -1.09. The fraction of sp³-hybridized carbons (Fsp3) is 0.276. The number of nitrogens with two attached hydrogens (primary N) is 3. The van der Waals surface area contributed by atoms with Crippen LogP contribution in [0.2, 0.25) is 0 Å². The second-order valence-electron chi connectivity index (χ2n) is 9.68. The minimum absolute atomic E-state index is 0.0189. The summed E-state index contributed by atoms with van der Waals surface area (Å²) in [6.07, 6.45) is 5.62. The first-order valence-electron chi connectivity index (χ1n) is 13.8. The normalized spacial score (nSPS) is 11.6. The number of aromatic nitrogens is 3. The number of halogens is 2. The number of hydrogen-bond acceptors (Lipinski definition) is 8. The van der Waals surface area contributed by atoms with Gasteiger partial charge >= 0.3 is 0 Å². The molecule has 0 radical (unpaired) electrons. The van der Waals surface area contributed by atoms with E-state index in [1.165, 1.54) is 31.6 Å². The second kappa shape index (κ2) is 14.2. The van der Waals surface area contributed by atoms with Crippen LogP contribution < -0.4 is 37.9 Å². The van der Waals surface area contributed by atoms with Crippen LogP contribution >= 0.6 is 0 Å². The number of guanidine groups is 1. The molecule has 15 heteroatoms. The Hall–Kier alpha value is -5.31. The molecule has 2 aromatic carbocycles. The number of rotatable bonds is 13. The number of anilines is 2. The number of amides is 2. The number of benzene rings is 2. The van der Waals surface area contributed by atoms with Gasteiger partial charge in [-0.15, -0.1) is 0 Å². The Balaban J connectivity index is 1.40. The maximum absolute atomic E-state index is 14.8. The topological polar surface area (TPSA) is 200 Å². The lowest BCUT2D eigenvalue weighted by Crippen LogP contribution is -2.44. The van der Waals surface area contributed by atoms with E-state index >= 15 is 0 Å². The first-order chi connectivity index (χ1) is 21.1. The Morgan fingerprint density at radius 1 is 1.09 bits per heavy atom. The Bertz CT molecular complexity index is 1690. The van der Waals surface area contributed by atoms with Gasteiger partial charge in [-0.2, -0.15) is 4.39 Å². The molecule has 0 saturated carbocycles. The fourth-order valence-corrected chi connectivity index (χ4v) is 4.43. The number of nitrogens with zero attached hydrogens (tertiary/aromatic N) is 4. The Morgan fingerprint density at radius 2 is 1.86 bits per heavy atom. The van der Waals surface area contributed by atoms with E-state index in [9.17, 15) is 18.4 Å².